The molecule has 2 aliphatic heterocycles. The number of nitrogens with two attached hydrogens (primary N) is 1. The van der Waals surface area contributed by atoms with E-state index in [9.17, 15) is 4.79 Å². The Morgan fingerprint density at radius 1 is 1.58 bits per heavy atom. The molecule has 0 aliphatic carbocycles. The second-order valence-corrected chi connectivity index (χ2v) is 5.42. The van der Waals surface area contributed by atoms with Crippen LogP contribution in [0.4, 0.5) is 5.82 Å². The van der Waals surface area contributed by atoms with E-state index in [1.165, 1.54) is 12.8 Å². The minimum atomic E-state index is -0.403. The van der Waals surface area contributed by atoms with Crippen LogP contribution in [0.25, 0.3) is 0 Å². The quantitative estimate of drug-likeness (QED) is 0.805. The van der Waals surface area contributed by atoms with E-state index in [0.29, 0.717) is 30.6 Å². The number of anilines is 1. The van der Waals surface area contributed by atoms with Crippen molar-refractivity contribution in [1.29, 1.82) is 0 Å². The lowest BCUT2D eigenvalue weighted by Crippen LogP contribution is -2.49. The van der Waals surface area contributed by atoms with E-state index in [1.807, 2.05) is 6.92 Å². The fourth-order valence-corrected chi connectivity index (χ4v) is 2.93. The van der Waals surface area contributed by atoms with Gasteiger partial charge in [0.2, 0.25) is 0 Å². The lowest BCUT2D eigenvalue weighted by molar-refractivity contribution is -0.0344. The van der Waals surface area contributed by atoms with Crippen LogP contribution in [-0.2, 0) is 4.74 Å². The maximum atomic E-state index is 12.5. The van der Waals surface area contributed by atoms with Crippen LogP contribution < -0.4 is 5.73 Å². The first kappa shape index (κ1) is 12.6. The topological polar surface area (TPSA) is 68.5 Å². The van der Waals surface area contributed by atoms with Gasteiger partial charge in [-0.05, 0) is 37.9 Å². The summed E-state index contributed by atoms with van der Waals surface area (Å²) in [5, 5.41) is 0. The number of aromatic nitrogens is 1. The van der Waals surface area contributed by atoms with Crippen molar-refractivity contribution in [3.63, 3.8) is 0 Å². The number of ether oxygens (including phenoxy) is 1. The summed E-state index contributed by atoms with van der Waals surface area (Å²) >= 11 is 0. The summed E-state index contributed by atoms with van der Waals surface area (Å²) in [6, 6.07) is 2.29. The maximum Gasteiger partial charge on any atom is 0.196 e. The number of Topliss-reactive ketones (excluding diaryl/α,β-unsaturated/α-hetero) is 1. The molecule has 2 aliphatic rings. The molecule has 2 fully saturated rings. The Balaban J connectivity index is 1.78. The Labute approximate surface area is 112 Å². The average molecular weight is 261 g/mol. The van der Waals surface area contributed by atoms with Crippen LogP contribution in [0.3, 0.4) is 0 Å². The van der Waals surface area contributed by atoms with Crippen LogP contribution in [-0.4, -0.2) is 47.5 Å². The molecule has 5 heteroatoms. The SMILES string of the molecule is Cc1cnc(N)c(C(=O)C2CN3CCCC3CO2)c1. The molecule has 0 bridgehead atoms. The zero-order valence-electron chi connectivity index (χ0n) is 11.1. The smallest absolute Gasteiger partial charge is 0.196 e. The Kier molecular flexibility index (Phi) is 3.24. The summed E-state index contributed by atoms with van der Waals surface area (Å²) < 4.78 is 5.73. The molecule has 102 valence electrons. The molecular weight excluding hydrogens is 242 g/mol. The van der Waals surface area contributed by atoms with Crippen LogP contribution in [0.1, 0.15) is 28.8 Å². The molecule has 3 heterocycles. The first-order valence-corrected chi connectivity index (χ1v) is 6.77. The van der Waals surface area contributed by atoms with Crippen LogP contribution in [0, 0.1) is 6.92 Å². The fourth-order valence-electron chi connectivity index (χ4n) is 2.93. The van der Waals surface area contributed by atoms with E-state index in [-0.39, 0.29) is 5.78 Å². The van der Waals surface area contributed by atoms with Gasteiger partial charge in [0, 0.05) is 18.8 Å². The number of carbonyl (C=O) groups excluding carboxylic acids is 1. The van der Waals surface area contributed by atoms with Crippen molar-refractivity contribution >= 4 is 11.6 Å². The molecule has 19 heavy (non-hydrogen) atoms. The highest BCUT2D eigenvalue weighted by atomic mass is 16.5. The predicted octanol–water partition coefficient (Wildman–Crippen LogP) is 1.02. The van der Waals surface area contributed by atoms with Gasteiger partial charge < -0.3 is 10.5 Å². The van der Waals surface area contributed by atoms with E-state index in [0.717, 1.165) is 12.1 Å². The fraction of sp³-hybridized carbons (Fsp3) is 0.571. The largest absolute Gasteiger partial charge is 0.383 e. The highest BCUT2D eigenvalue weighted by Crippen LogP contribution is 2.25. The average Bonchev–Trinajstić information content (AvgIpc) is 2.88. The zero-order valence-corrected chi connectivity index (χ0v) is 11.1. The van der Waals surface area contributed by atoms with Crippen LogP contribution in [0.5, 0.6) is 0 Å². The molecule has 0 amide bonds. The van der Waals surface area contributed by atoms with Crippen LogP contribution in [0.15, 0.2) is 12.3 Å². The van der Waals surface area contributed by atoms with Gasteiger partial charge >= 0.3 is 0 Å². The van der Waals surface area contributed by atoms with Crippen molar-refractivity contribution in [1.82, 2.24) is 9.88 Å². The van der Waals surface area contributed by atoms with Gasteiger partial charge in [-0.3, -0.25) is 9.69 Å². The van der Waals surface area contributed by atoms with Gasteiger partial charge in [-0.2, -0.15) is 0 Å². The predicted molar refractivity (Wildman–Crippen MR) is 72.1 cm³/mol. The molecule has 0 radical (unpaired) electrons. The van der Waals surface area contributed by atoms with E-state index in [1.54, 1.807) is 12.3 Å². The molecule has 3 rings (SSSR count). The van der Waals surface area contributed by atoms with Gasteiger partial charge in [-0.25, -0.2) is 4.98 Å². The highest BCUT2D eigenvalue weighted by molar-refractivity contribution is 6.03. The van der Waals surface area contributed by atoms with E-state index in [2.05, 4.69) is 9.88 Å². The number of rotatable bonds is 2. The molecule has 5 nitrogen and oxygen atoms in total. The summed E-state index contributed by atoms with van der Waals surface area (Å²) in [6.07, 6.45) is 3.64. The van der Waals surface area contributed by atoms with Gasteiger partial charge in [0.25, 0.3) is 0 Å². The van der Waals surface area contributed by atoms with Crippen molar-refractivity contribution in [3.05, 3.63) is 23.4 Å². The van der Waals surface area contributed by atoms with Gasteiger partial charge in [0.15, 0.2) is 5.78 Å². The molecule has 0 aromatic carbocycles. The maximum absolute atomic E-state index is 12.5. The van der Waals surface area contributed by atoms with Gasteiger partial charge in [-0.1, -0.05) is 0 Å². The number of hydrogen-bond donors (Lipinski definition) is 1. The summed E-state index contributed by atoms with van der Waals surface area (Å²) in [5.41, 5.74) is 7.23. The molecule has 0 saturated carbocycles. The summed E-state index contributed by atoms with van der Waals surface area (Å²) in [5.74, 6) is 0.252. The molecular formula is C14H19N3O2. The third-order valence-corrected chi connectivity index (χ3v) is 4.00. The Morgan fingerprint density at radius 3 is 3.26 bits per heavy atom. The van der Waals surface area contributed by atoms with Crippen molar-refractivity contribution in [2.75, 3.05) is 25.4 Å². The summed E-state index contributed by atoms with van der Waals surface area (Å²) in [7, 11) is 0. The summed E-state index contributed by atoms with van der Waals surface area (Å²) in [6.45, 7) is 4.30. The molecule has 1 aromatic heterocycles. The number of ketones is 1. The molecule has 0 spiro atoms. The Morgan fingerprint density at radius 2 is 2.42 bits per heavy atom. The normalized spacial score (nSPS) is 27.2. The second kappa shape index (κ2) is 4.90. The second-order valence-electron chi connectivity index (χ2n) is 5.42. The minimum Gasteiger partial charge on any atom is -0.383 e. The third kappa shape index (κ3) is 2.35. The summed E-state index contributed by atoms with van der Waals surface area (Å²) in [4.78, 5) is 18.9. The van der Waals surface area contributed by atoms with Gasteiger partial charge in [0.1, 0.15) is 11.9 Å². The first-order chi connectivity index (χ1) is 9.15. The highest BCUT2D eigenvalue weighted by Gasteiger charge is 2.36. The number of nitrogen functional groups attached to an aromatic ring is 1. The number of carbonyl (C=O) groups is 1. The molecule has 2 N–H and O–H groups in total. The molecule has 1 aromatic rings. The number of aryl methyl sites for hydroxylation is 1. The Hall–Kier alpha value is -1.46. The molecule has 2 unspecified atom stereocenters. The van der Waals surface area contributed by atoms with E-state index < -0.39 is 6.10 Å². The van der Waals surface area contributed by atoms with Crippen molar-refractivity contribution in [3.8, 4) is 0 Å². The van der Waals surface area contributed by atoms with Crippen molar-refractivity contribution in [2.45, 2.75) is 31.9 Å². The monoisotopic (exact) mass is 261 g/mol. The van der Waals surface area contributed by atoms with E-state index >= 15 is 0 Å². The van der Waals surface area contributed by atoms with Gasteiger partial charge in [-0.15, -0.1) is 0 Å². The number of morpholine rings is 1. The lowest BCUT2D eigenvalue weighted by atomic mass is 10.0. The number of hydrogen-bond acceptors (Lipinski definition) is 5. The van der Waals surface area contributed by atoms with E-state index in [4.69, 9.17) is 10.5 Å². The standard InChI is InChI=1S/C14H19N3O2/c1-9-5-11(14(15)16-6-9)13(18)12-7-17-4-2-3-10(17)8-19-12/h5-6,10,12H,2-4,7-8H2,1H3,(H2,15,16). The lowest BCUT2D eigenvalue weighted by Gasteiger charge is -2.34. The van der Waals surface area contributed by atoms with Gasteiger partial charge in [0.05, 0.1) is 12.2 Å². The minimum absolute atomic E-state index is 0.0425. The number of fused-ring (bicyclic) bond motifs is 1. The molecule has 2 saturated heterocycles. The van der Waals surface area contributed by atoms with Crippen LogP contribution in [0.2, 0.25) is 0 Å². The first-order valence-electron chi connectivity index (χ1n) is 6.77. The third-order valence-electron chi connectivity index (χ3n) is 4.00. The molecule has 2 atom stereocenters. The van der Waals surface area contributed by atoms with Crippen molar-refractivity contribution < 1.29 is 9.53 Å². The van der Waals surface area contributed by atoms with Crippen LogP contribution >= 0.6 is 0 Å². The number of pyridine rings is 1. The number of nitrogens with zero attached hydrogens (tertiary/aromatic N) is 2. The zero-order chi connectivity index (χ0) is 13.4. The van der Waals surface area contributed by atoms with Crippen molar-refractivity contribution in [2.24, 2.45) is 0 Å². The Bertz CT molecular complexity index is 503.